The second-order valence-electron chi connectivity index (χ2n) is 3.18. The fourth-order valence-corrected chi connectivity index (χ4v) is 1.56. The molecule has 0 bridgehead atoms. The molecule has 0 amide bonds. The third-order valence-corrected chi connectivity index (χ3v) is 2.25. The summed E-state index contributed by atoms with van der Waals surface area (Å²) < 4.78 is 10.4. The summed E-state index contributed by atoms with van der Waals surface area (Å²) in [5.41, 5.74) is 0. The highest BCUT2D eigenvalue weighted by molar-refractivity contribution is 6.13. The van der Waals surface area contributed by atoms with Gasteiger partial charge in [0.25, 0.3) is 0 Å². The highest BCUT2D eigenvalue weighted by atomic mass is 16.5. The van der Waals surface area contributed by atoms with Crippen molar-refractivity contribution in [1.29, 1.82) is 0 Å². The van der Waals surface area contributed by atoms with Gasteiger partial charge in [-0.2, -0.15) is 0 Å². The van der Waals surface area contributed by atoms with E-state index in [0.29, 0.717) is 12.5 Å². The molecule has 2 nitrogen and oxygen atoms in total. The number of ether oxygens (including phenoxy) is 2. The lowest BCUT2D eigenvalue weighted by molar-refractivity contribution is 0.0253. The number of hydrogen-bond donors (Lipinski definition) is 0. The van der Waals surface area contributed by atoms with Gasteiger partial charge in [-0.1, -0.05) is 18.0 Å². The Morgan fingerprint density at radius 1 is 1.42 bits per heavy atom. The summed E-state index contributed by atoms with van der Waals surface area (Å²) in [5.74, 6) is 0.503. The average Bonchev–Trinajstić information content (AvgIpc) is 2.08. The molecule has 0 aliphatic heterocycles. The summed E-state index contributed by atoms with van der Waals surface area (Å²) in [6.07, 6.45) is 5.22. The largest absolute Gasteiger partial charge is 0.384 e. The lowest BCUT2D eigenvalue weighted by Crippen LogP contribution is -2.29. The van der Waals surface area contributed by atoms with Crippen LogP contribution in [0.25, 0.3) is 0 Å². The Morgan fingerprint density at radius 3 is 2.75 bits per heavy atom. The molecule has 3 atom stereocenters. The minimum atomic E-state index is 0.142. The van der Waals surface area contributed by atoms with Crippen molar-refractivity contribution in [2.75, 3.05) is 20.8 Å². The summed E-state index contributed by atoms with van der Waals surface area (Å²) in [6, 6.07) is 0. The van der Waals surface area contributed by atoms with Crippen LogP contribution >= 0.6 is 0 Å². The molecule has 1 rings (SSSR count). The average molecular weight is 166 g/mol. The molecule has 0 N–H and O–H groups in total. The lowest BCUT2D eigenvalue weighted by Gasteiger charge is -2.29. The summed E-state index contributed by atoms with van der Waals surface area (Å²) in [5, 5.41) is 0. The molecule has 66 valence electrons. The van der Waals surface area contributed by atoms with Gasteiger partial charge in [-0.25, -0.2) is 0 Å². The zero-order valence-electron chi connectivity index (χ0n) is 7.69. The molecule has 0 aromatic carbocycles. The maximum atomic E-state index is 5.75. The maximum absolute atomic E-state index is 5.75. The topological polar surface area (TPSA) is 18.5 Å². The zero-order chi connectivity index (χ0) is 8.97. The molecule has 3 heteroatoms. The van der Waals surface area contributed by atoms with E-state index in [4.69, 9.17) is 17.3 Å². The fraction of sp³-hybridized carbons (Fsp3) is 0.778. The van der Waals surface area contributed by atoms with Crippen LogP contribution < -0.4 is 0 Å². The first-order valence-corrected chi connectivity index (χ1v) is 4.23. The summed E-state index contributed by atoms with van der Waals surface area (Å²) in [7, 11) is 9.18. The molecular weight excluding hydrogens is 151 g/mol. The summed E-state index contributed by atoms with van der Waals surface area (Å²) in [4.78, 5) is 0. The number of hydrogen-bond acceptors (Lipinski definition) is 2. The first-order valence-electron chi connectivity index (χ1n) is 4.23. The van der Waals surface area contributed by atoms with Gasteiger partial charge in [0.1, 0.15) is 0 Å². The van der Waals surface area contributed by atoms with Gasteiger partial charge in [0.15, 0.2) is 0 Å². The Hall–Kier alpha value is -0.275. The zero-order valence-corrected chi connectivity index (χ0v) is 7.69. The predicted octanol–water partition coefficient (Wildman–Crippen LogP) is 1.18. The van der Waals surface area contributed by atoms with E-state index in [9.17, 15) is 0 Å². The molecule has 12 heavy (non-hydrogen) atoms. The van der Waals surface area contributed by atoms with Crippen LogP contribution in [0.3, 0.4) is 0 Å². The van der Waals surface area contributed by atoms with Crippen molar-refractivity contribution >= 4 is 7.85 Å². The van der Waals surface area contributed by atoms with E-state index in [1.165, 1.54) is 0 Å². The van der Waals surface area contributed by atoms with Crippen LogP contribution in [0.4, 0.5) is 0 Å². The van der Waals surface area contributed by atoms with Gasteiger partial charge in [-0.05, 0) is 6.42 Å². The normalized spacial score (nSPS) is 35.3. The van der Waals surface area contributed by atoms with Crippen molar-refractivity contribution < 1.29 is 9.47 Å². The number of methoxy groups -OCH3 is 2. The number of allylic oxidation sites excluding steroid dienone is 1. The van der Waals surface area contributed by atoms with Crippen molar-refractivity contribution in [3.05, 3.63) is 12.2 Å². The Bertz CT molecular complexity index is 159. The van der Waals surface area contributed by atoms with Crippen LogP contribution in [0, 0.1) is 5.92 Å². The molecule has 0 spiro atoms. The standard InChI is InChI=1S/C9H15BO2/c1-11-6-7-3-4-8(10)5-9(7)12-2/h3-4,7-9H,5-6H2,1-2H3/t7-,8?,9+/m0/s1. The minimum absolute atomic E-state index is 0.142. The Kier molecular flexibility index (Phi) is 3.82. The van der Waals surface area contributed by atoms with Crippen molar-refractivity contribution in [3.8, 4) is 0 Å². The van der Waals surface area contributed by atoms with Crippen molar-refractivity contribution in [2.45, 2.75) is 18.3 Å². The molecular formula is C9H15BO2. The van der Waals surface area contributed by atoms with Gasteiger partial charge < -0.3 is 9.47 Å². The Morgan fingerprint density at radius 2 is 2.17 bits per heavy atom. The van der Waals surface area contributed by atoms with Crippen LogP contribution in [0.5, 0.6) is 0 Å². The van der Waals surface area contributed by atoms with Crippen LogP contribution in [0.2, 0.25) is 5.82 Å². The highest BCUT2D eigenvalue weighted by Gasteiger charge is 2.23. The lowest BCUT2D eigenvalue weighted by atomic mass is 9.75. The van der Waals surface area contributed by atoms with E-state index in [0.717, 1.165) is 6.42 Å². The van der Waals surface area contributed by atoms with Gasteiger partial charge in [-0.3, -0.25) is 0 Å². The van der Waals surface area contributed by atoms with Gasteiger partial charge in [-0.15, -0.1) is 0 Å². The van der Waals surface area contributed by atoms with E-state index in [1.54, 1.807) is 14.2 Å². The maximum Gasteiger partial charge on any atom is 0.0756 e. The molecule has 0 aromatic heterocycles. The smallest absolute Gasteiger partial charge is 0.0756 e. The van der Waals surface area contributed by atoms with Crippen molar-refractivity contribution in [2.24, 2.45) is 5.92 Å². The van der Waals surface area contributed by atoms with Gasteiger partial charge in [0.2, 0.25) is 0 Å². The van der Waals surface area contributed by atoms with Gasteiger partial charge in [0.05, 0.1) is 20.6 Å². The Balaban J connectivity index is 2.52. The second-order valence-corrected chi connectivity index (χ2v) is 3.18. The summed E-state index contributed by atoms with van der Waals surface area (Å²) in [6.45, 7) is 0.710. The van der Waals surface area contributed by atoms with Crippen LogP contribution in [0.1, 0.15) is 6.42 Å². The van der Waals surface area contributed by atoms with Gasteiger partial charge >= 0.3 is 0 Å². The molecule has 0 saturated carbocycles. The monoisotopic (exact) mass is 166 g/mol. The van der Waals surface area contributed by atoms with Crippen LogP contribution in [-0.4, -0.2) is 34.8 Å². The molecule has 0 saturated heterocycles. The molecule has 0 heterocycles. The van der Waals surface area contributed by atoms with Crippen LogP contribution in [0.15, 0.2) is 12.2 Å². The molecule has 0 aromatic rings. The Labute approximate surface area is 75.3 Å². The third kappa shape index (κ3) is 2.36. The van der Waals surface area contributed by atoms with E-state index in [1.807, 2.05) is 6.08 Å². The first kappa shape index (κ1) is 9.81. The van der Waals surface area contributed by atoms with E-state index >= 15 is 0 Å². The molecule has 2 radical (unpaired) electrons. The second kappa shape index (κ2) is 4.68. The molecule has 1 aliphatic rings. The third-order valence-electron chi connectivity index (χ3n) is 2.25. The quantitative estimate of drug-likeness (QED) is 0.463. The van der Waals surface area contributed by atoms with Crippen LogP contribution in [-0.2, 0) is 9.47 Å². The summed E-state index contributed by atoms with van der Waals surface area (Å²) >= 11 is 0. The minimum Gasteiger partial charge on any atom is -0.384 e. The molecule has 0 fully saturated rings. The number of rotatable bonds is 3. The van der Waals surface area contributed by atoms with Gasteiger partial charge in [0, 0.05) is 20.1 Å². The SMILES string of the molecule is [B]C1C=C[C@@H](COC)[C@H](OC)C1. The van der Waals surface area contributed by atoms with Crippen molar-refractivity contribution in [1.82, 2.24) is 0 Å². The van der Waals surface area contributed by atoms with Crippen molar-refractivity contribution in [3.63, 3.8) is 0 Å². The van der Waals surface area contributed by atoms with E-state index in [-0.39, 0.29) is 11.9 Å². The predicted molar refractivity (Wildman–Crippen MR) is 49.4 cm³/mol. The highest BCUT2D eigenvalue weighted by Crippen LogP contribution is 2.26. The van der Waals surface area contributed by atoms with E-state index in [2.05, 4.69) is 6.08 Å². The first-order chi connectivity index (χ1) is 5.77. The van der Waals surface area contributed by atoms with E-state index < -0.39 is 0 Å². The molecule has 1 aliphatic carbocycles. The molecule has 1 unspecified atom stereocenters. The fourth-order valence-electron chi connectivity index (χ4n) is 1.56.